The maximum Gasteiger partial charge on any atom is 0.294 e. The molecule has 3 rings (SSSR count). The Morgan fingerprint density at radius 1 is 0.969 bits per heavy atom. The molecule has 0 unspecified atom stereocenters. The molecule has 0 atom stereocenters. The van der Waals surface area contributed by atoms with E-state index >= 15 is 0 Å². The van der Waals surface area contributed by atoms with E-state index in [-0.39, 0.29) is 34.0 Å². The Morgan fingerprint density at radius 3 is 2.38 bits per heavy atom. The van der Waals surface area contributed by atoms with Gasteiger partial charge >= 0.3 is 0 Å². The van der Waals surface area contributed by atoms with Gasteiger partial charge in [-0.2, -0.15) is 4.98 Å². The molecule has 0 saturated carbocycles. The Balaban J connectivity index is 1.84. The maximum absolute atomic E-state index is 12.5. The molecular weight excluding hydrogens is 434 g/mol. The van der Waals surface area contributed by atoms with Crippen LogP contribution in [-0.2, 0) is 4.79 Å². The predicted molar refractivity (Wildman–Crippen MR) is 121 cm³/mol. The molecule has 11 heteroatoms. The zero-order valence-corrected chi connectivity index (χ0v) is 18.3. The summed E-state index contributed by atoms with van der Waals surface area (Å²) in [5.74, 6) is -1.17. The quantitative estimate of drug-likeness (QED) is 0.368. The molecule has 164 valence electrons. The minimum atomic E-state index is -0.663. The van der Waals surface area contributed by atoms with Crippen LogP contribution in [-0.4, -0.2) is 58.6 Å². The van der Waals surface area contributed by atoms with Crippen molar-refractivity contribution in [1.82, 2.24) is 25.2 Å². The van der Waals surface area contributed by atoms with Gasteiger partial charge in [0.1, 0.15) is 10.7 Å². The Labute approximate surface area is 189 Å². The van der Waals surface area contributed by atoms with E-state index in [1.165, 1.54) is 38.4 Å². The molecule has 0 bridgehead atoms. The highest BCUT2D eigenvalue weighted by atomic mass is 35.5. The molecule has 0 aliphatic rings. The average Bonchev–Trinajstić information content (AvgIpc) is 2.80. The number of aromatic nitrogens is 3. The Bertz CT molecular complexity index is 1170. The van der Waals surface area contributed by atoms with Crippen molar-refractivity contribution in [2.75, 3.05) is 31.8 Å². The number of pyridine rings is 1. The first-order valence-electron chi connectivity index (χ1n) is 9.40. The normalized spacial score (nSPS) is 10.2. The molecule has 2 aromatic heterocycles. The van der Waals surface area contributed by atoms with Crippen LogP contribution >= 0.6 is 11.6 Å². The molecule has 10 nitrogen and oxygen atoms in total. The lowest BCUT2D eigenvalue weighted by Gasteiger charge is -2.14. The molecule has 0 spiro atoms. The Hall–Kier alpha value is -4.05. The monoisotopic (exact) mass is 453 g/mol. The van der Waals surface area contributed by atoms with Crippen LogP contribution in [0, 0.1) is 0 Å². The number of hydrogen-bond acceptors (Lipinski definition) is 8. The first-order valence-corrected chi connectivity index (χ1v) is 9.77. The number of carbonyl (C=O) groups excluding carboxylic acids is 3. The lowest BCUT2D eigenvalue weighted by atomic mass is 10.1. The third-order valence-electron chi connectivity index (χ3n) is 4.25. The summed E-state index contributed by atoms with van der Waals surface area (Å²) in [5.41, 5.74) is 1.38. The fraction of sp³-hybridized carbons (Fsp3) is 0.143. The van der Waals surface area contributed by atoms with Crippen molar-refractivity contribution in [3.63, 3.8) is 0 Å². The zero-order chi connectivity index (χ0) is 23.3. The second kappa shape index (κ2) is 9.84. The third kappa shape index (κ3) is 5.16. The number of halogens is 1. The highest BCUT2D eigenvalue weighted by Gasteiger charge is 2.21. The van der Waals surface area contributed by atoms with E-state index in [1.807, 2.05) is 0 Å². The van der Waals surface area contributed by atoms with Crippen molar-refractivity contribution in [1.29, 1.82) is 0 Å². The second-order valence-electron chi connectivity index (χ2n) is 6.73. The largest absolute Gasteiger partial charge is 0.354 e. The van der Waals surface area contributed by atoms with Gasteiger partial charge in [-0.15, -0.1) is 0 Å². The molecule has 3 aromatic rings. The Kier molecular flexibility index (Phi) is 6.96. The van der Waals surface area contributed by atoms with Crippen LogP contribution in [0.25, 0.3) is 0 Å². The van der Waals surface area contributed by atoms with E-state index < -0.39 is 11.7 Å². The van der Waals surface area contributed by atoms with Crippen molar-refractivity contribution < 1.29 is 14.4 Å². The maximum atomic E-state index is 12.5. The highest BCUT2D eigenvalue weighted by Crippen LogP contribution is 2.27. The summed E-state index contributed by atoms with van der Waals surface area (Å²) in [4.78, 5) is 50.0. The van der Waals surface area contributed by atoms with Gasteiger partial charge in [0.2, 0.25) is 5.95 Å². The first kappa shape index (κ1) is 22.6. The molecule has 2 amide bonds. The number of carbonyl (C=O) groups is 3. The second-order valence-corrected chi connectivity index (χ2v) is 7.13. The summed E-state index contributed by atoms with van der Waals surface area (Å²) >= 11 is 6.23. The standard InChI is InChI=1S/C21H20ClN7O3/c1-23-19(31)16-9-8-12(10-24-16)26-21-25-11-14(22)18(28-21)27-15-7-5-4-6-13(15)17(30)20(32)29(2)3/h4-11H,1-3H3,(H,23,31)(H2,25,26,27,28). The van der Waals surface area contributed by atoms with Crippen molar-refractivity contribution in [3.05, 3.63) is 65.1 Å². The van der Waals surface area contributed by atoms with Crippen LogP contribution < -0.4 is 16.0 Å². The number of Topliss-reactive ketones (excluding diaryl/α,β-unsaturated/α-hetero) is 1. The minimum absolute atomic E-state index is 0.185. The van der Waals surface area contributed by atoms with Gasteiger partial charge in [0.05, 0.1) is 29.3 Å². The zero-order valence-electron chi connectivity index (χ0n) is 17.5. The number of nitrogens with one attached hydrogen (secondary N) is 3. The molecule has 32 heavy (non-hydrogen) atoms. The molecule has 2 heterocycles. The number of anilines is 4. The lowest BCUT2D eigenvalue weighted by Crippen LogP contribution is -2.30. The SMILES string of the molecule is CNC(=O)c1ccc(Nc2ncc(Cl)c(Nc3ccccc3C(=O)C(=O)N(C)C)n2)cn1. The number of para-hydroxylation sites is 1. The number of rotatable bonds is 7. The lowest BCUT2D eigenvalue weighted by molar-refractivity contribution is -0.124. The van der Waals surface area contributed by atoms with Crippen molar-refractivity contribution in [3.8, 4) is 0 Å². The summed E-state index contributed by atoms with van der Waals surface area (Å²) in [6.07, 6.45) is 2.86. The number of ketones is 1. The summed E-state index contributed by atoms with van der Waals surface area (Å²) in [6, 6.07) is 9.77. The van der Waals surface area contributed by atoms with E-state index in [2.05, 4.69) is 30.9 Å². The van der Waals surface area contributed by atoms with Gasteiger partial charge in [-0.05, 0) is 24.3 Å². The number of benzene rings is 1. The van der Waals surface area contributed by atoms with Crippen molar-refractivity contribution in [2.24, 2.45) is 0 Å². The van der Waals surface area contributed by atoms with Crippen LogP contribution in [0.15, 0.2) is 48.8 Å². The molecular formula is C21H20ClN7O3. The summed E-state index contributed by atoms with van der Waals surface area (Å²) in [7, 11) is 4.53. The van der Waals surface area contributed by atoms with Gasteiger partial charge < -0.3 is 20.9 Å². The summed E-state index contributed by atoms with van der Waals surface area (Å²) in [6.45, 7) is 0. The van der Waals surface area contributed by atoms with E-state index in [0.29, 0.717) is 11.4 Å². The average molecular weight is 454 g/mol. The summed E-state index contributed by atoms with van der Waals surface area (Å²) < 4.78 is 0. The van der Waals surface area contributed by atoms with Gasteiger partial charge in [0, 0.05) is 21.1 Å². The molecule has 1 aromatic carbocycles. The number of hydrogen-bond donors (Lipinski definition) is 3. The molecule has 0 aliphatic heterocycles. The fourth-order valence-corrected chi connectivity index (χ4v) is 2.75. The number of nitrogens with zero attached hydrogens (tertiary/aromatic N) is 4. The van der Waals surface area contributed by atoms with Gasteiger partial charge in [-0.3, -0.25) is 14.4 Å². The predicted octanol–water partition coefficient (Wildman–Crippen LogP) is 2.64. The van der Waals surface area contributed by atoms with Crippen molar-refractivity contribution >= 4 is 52.3 Å². The van der Waals surface area contributed by atoms with Crippen molar-refractivity contribution in [2.45, 2.75) is 0 Å². The van der Waals surface area contributed by atoms with Gasteiger partial charge in [-0.25, -0.2) is 9.97 Å². The Morgan fingerprint density at radius 2 is 1.72 bits per heavy atom. The van der Waals surface area contributed by atoms with Gasteiger partial charge in [0.15, 0.2) is 5.82 Å². The van der Waals surface area contributed by atoms with Crippen LogP contribution in [0.5, 0.6) is 0 Å². The van der Waals surface area contributed by atoms with E-state index in [1.54, 1.807) is 36.4 Å². The summed E-state index contributed by atoms with van der Waals surface area (Å²) in [5, 5.41) is 8.67. The molecule has 0 radical (unpaired) electrons. The number of amides is 2. The topological polar surface area (TPSA) is 129 Å². The third-order valence-corrected chi connectivity index (χ3v) is 4.53. The smallest absolute Gasteiger partial charge is 0.294 e. The first-order chi connectivity index (χ1) is 15.3. The van der Waals surface area contributed by atoms with Crippen LogP contribution in [0.1, 0.15) is 20.8 Å². The highest BCUT2D eigenvalue weighted by molar-refractivity contribution is 6.43. The molecule has 0 fully saturated rings. The van der Waals surface area contributed by atoms with Crippen LogP contribution in [0.2, 0.25) is 5.02 Å². The van der Waals surface area contributed by atoms with E-state index in [0.717, 1.165) is 0 Å². The van der Waals surface area contributed by atoms with E-state index in [4.69, 9.17) is 11.6 Å². The van der Waals surface area contributed by atoms with Crippen LogP contribution in [0.3, 0.4) is 0 Å². The van der Waals surface area contributed by atoms with E-state index in [9.17, 15) is 14.4 Å². The number of likely N-dealkylation sites (N-methyl/N-ethyl adjacent to an activating group) is 1. The molecule has 0 aliphatic carbocycles. The van der Waals surface area contributed by atoms with Crippen LogP contribution in [0.4, 0.5) is 23.1 Å². The van der Waals surface area contributed by atoms with Gasteiger partial charge in [0.25, 0.3) is 17.6 Å². The molecule has 0 saturated heterocycles. The minimum Gasteiger partial charge on any atom is -0.354 e. The van der Waals surface area contributed by atoms with Gasteiger partial charge in [-0.1, -0.05) is 23.7 Å². The molecule has 3 N–H and O–H groups in total. The fourth-order valence-electron chi connectivity index (χ4n) is 2.61.